The fraction of sp³-hybridized carbons (Fsp3) is 0.286. The predicted octanol–water partition coefficient (Wildman–Crippen LogP) is 2.54. The highest BCUT2D eigenvalue weighted by atomic mass is 79.9. The summed E-state index contributed by atoms with van der Waals surface area (Å²) in [6, 6.07) is 5.98. The highest BCUT2D eigenvalue weighted by molar-refractivity contribution is 9.10. The molecule has 0 fully saturated rings. The van der Waals surface area contributed by atoms with Gasteiger partial charge >= 0.3 is 0 Å². The fourth-order valence-electron chi connectivity index (χ4n) is 2.43. The molecule has 1 aromatic carbocycles. The van der Waals surface area contributed by atoms with Crippen molar-refractivity contribution in [2.45, 2.75) is 19.9 Å². The molecule has 2 aromatic rings. The monoisotopic (exact) mass is 319 g/mol. The van der Waals surface area contributed by atoms with Crippen LogP contribution in [0.3, 0.4) is 0 Å². The van der Waals surface area contributed by atoms with Gasteiger partial charge in [0.25, 0.3) is 0 Å². The van der Waals surface area contributed by atoms with Gasteiger partial charge in [0, 0.05) is 22.9 Å². The minimum absolute atomic E-state index is 0.0833. The highest BCUT2D eigenvalue weighted by Gasteiger charge is 2.25. The molecule has 98 valence electrons. The van der Waals surface area contributed by atoms with Gasteiger partial charge in [-0.25, -0.2) is 0 Å². The molecule has 4 nitrogen and oxygen atoms in total. The summed E-state index contributed by atoms with van der Waals surface area (Å²) in [5.41, 5.74) is 3.30. The minimum atomic E-state index is 0.0833. The maximum Gasteiger partial charge on any atom is 0.248 e. The van der Waals surface area contributed by atoms with Gasteiger partial charge in [0.05, 0.1) is 6.20 Å². The number of benzene rings is 1. The Bertz CT molecular complexity index is 635. The number of amides is 1. The molecule has 0 unspecified atom stereocenters. The van der Waals surface area contributed by atoms with E-state index >= 15 is 0 Å². The van der Waals surface area contributed by atoms with Crippen LogP contribution in [0.2, 0.25) is 0 Å². The smallest absolute Gasteiger partial charge is 0.248 e. The van der Waals surface area contributed by atoms with Gasteiger partial charge in [0.15, 0.2) is 0 Å². The fourth-order valence-corrected chi connectivity index (χ4v) is 2.98. The Balaban J connectivity index is 1.82. The summed E-state index contributed by atoms with van der Waals surface area (Å²) in [6.07, 6.45) is 4.55. The molecule has 1 aliphatic heterocycles. The third-order valence-electron chi connectivity index (χ3n) is 3.33. The molecule has 1 aliphatic rings. The summed E-state index contributed by atoms with van der Waals surface area (Å²) in [4.78, 5) is 14.2. The Kier molecular flexibility index (Phi) is 3.14. The maximum atomic E-state index is 12.3. The summed E-state index contributed by atoms with van der Waals surface area (Å²) >= 11 is 3.54. The second-order valence-electron chi connectivity index (χ2n) is 4.75. The van der Waals surface area contributed by atoms with Gasteiger partial charge in [0.2, 0.25) is 5.91 Å². The molecule has 0 aliphatic carbocycles. The van der Waals surface area contributed by atoms with Gasteiger partial charge in [-0.3, -0.25) is 9.48 Å². The minimum Gasteiger partial charge on any atom is -0.310 e. The van der Waals surface area contributed by atoms with Crippen molar-refractivity contribution in [3.8, 4) is 0 Å². The van der Waals surface area contributed by atoms with Crippen LogP contribution in [-0.2, 0) is 17.8 Å². The van der Waals surface area contributed by atoms with Crippen LogP contribution in [0.4, 0.5) is 5.69 Å². The average Bonchev–Trinajstić information content (AvgIpc) is 2.96. The summed E-state index contributed by atoms with van der Waals surface area (Å²) in [6.45, 7) is 3.01. The number of aryl methyl sites for hydroxylation is 1. The van der Waals surface area contributed by atoms with Gasteiger partial charge in [-0.1, -0.05) is 22.0 Å². The lowest BCUT2D eigenvalue weighted by molar-refractivity contribution is -0.119. The molecule has 0 N–H and O–H groups in total. The zero-order valence-electron chi connectivity index (χ0n) is 10.6. The summed E-state index contributed by atoms with van der Waals surface area (Å²) < 4.78 is 2.77. The van der Waals surface area contributed by atoms with Crippen LogP contribution in [0.25, 0.3) is 0 Å². The van der Waals surface area contributed by atoms with Crippen LogP contribution < -0.4 is 4.90 Å². The van der Waals surface area contributed by atoms with Crippen molar-refractivity contribution in [2.75, 3.05) is 11.4 Å². The van der Waals surface area contributed by atoms with E-state index in [4.69, 9.17) is 0 Å². The molecule has 0 saturated carbocycles. The normalized spacial score (nSPS) is 13.7. The van der Waals surface area contributed by atoms with Crippen LogP contribution in [0, 0.1) is 6.92 Å². The van der Waals surface area contributed by atoms with E-state index in [0.717, 1.165) is 28.7 Å². The number of hydrogen-bond donors (Lipinski definition) is 0. The SMILES string of the molecule is Cc1cnn(CC(=O)N2CCc3c(Br)cccc32)c1. The van der Waals surface area contributed by atoms with Crippen LogP contribution in [0.15, 0.2) is 35.1 Å². The molecule has 0 spiro atoms. The zero-order chi connectivity index (χ0) is 13.4. The van der Waals surface area contributed by atoms with E-state index in [1.807, 2.05) is 36.2 Å². The van der Waals surface area contributed by atoms with Crippen molar-refractivity contribution in [1.29, 1.82) is 0 Å². The van der Waals surface area contributed by atoms with E-state index in [0.29, 0.717) is 6.54 Å². The number of fused-ring (bicyclic) bond motifs is 1. The second-order valence-corrected chi connectivity index (χ2v) is 5.60. The largest absolute Gasteiger partial charge is 0.310 e. The molecule has 0 atom stereocenters. The van der Waals surface area contributed by atoms with E-state index in [1.54, 1.807) is 10.9 Å². The first-order chi connectivity index (χ1) is 9.15. The highest BCUT2D eigenvalue weighted by Crippen LogP contribution is 2.33. The molecular weight excluding hydrogens is 306 g/mol. The summed E-state index contributed by atoms with van der Waals surface area (Å²) in [5.74, 6) is 0.0833. The van der Waals surface area contributed by atoms with Gasteiger partial charge in [-0.15, -0.1) is 0 Å². The Morgan fingerprint density at radius 1 is 1.47 bits per heavy atom. The number of nitrogens with zero attached hydrogens (tertiary/aromatic N) is 3. The first-order valence-corrected chi connectivity index (χ1v) is 7.01. The van der Waals surface area contributed by atoms with Crippen molar-refractivity contribution >= 4 is 27.5 Å². The quantitative estimate of drug-likeness (QED) is 0.853. The standard InChI is InChI=1S/C14H14BrN3O/c1-10-7-16-17(8-10)9-14(19)18-6-5-11-12(15)3-2-4-13(11)18/h2-4,7-8H,5-6,9H2,1H3. The van der Waals surface area contributed by atoms with Crippen molar-refractivity contribution in [2.24, 2.45) is 0 Å². The van der Waals surface area contributed by atoms with E-state index in [2.05, 4.69) is 21.0 Å². The van der Waals surface area contributed by atoms with Gasteiger partial charge in [-0.05, 0) is 36.6 Å². The Morgan fingerprint density at radius 3 is 3.05 bits per heavy atom. The Hall–Kier alpha value is -1.62. The summed E-state index contributed by atoms with van der Waals surface area (Å²) in [5, 5.41) is 4.16. The number of halogens is 1. The van der Waals surface area contributed by atoms with E-state index in [-0.39, 0.29) is 5.91 Å². The molecular formula is C14H14BrN3O. The number of carbonyl (C=O) groups excluding carboxylic acids is 1. The van der Waals surface area contributed by atoms with E-state index in [1.165, 1.54) is 5.56 Å². The van der Waals surface area contributed by atoms with E-state index < -0.39 is 0 Å². The maximum absolute atomic E-state index is 12.3. The van der Waals surface area contributed by atoms with Crippen LogP contribution in [0.1, 0.15) is 11.1 Å². The lowest BCUT2D eigenvalue weighted by Gasteiger charge is -2.17. The molecule has 0 bridgehead atoms. The Morgan fingerprint density at radius 2 is 2.32 bits per heavy atom. The molecule has 0 saturated heterocycles. The first-order valence-electron chi connectivity index (χ1n) is 6.22. The number of hydrogen-bond acceptors (Lipinski definition) is 2. The second kappa shape index (κ2) is 4.81. The number of aromatic nitrogens is 2. The van der Waals surface area contributed by atoms with Gasteiger partial charge in [-0.2, -0.15) is 5.10 Å². The van der Waals surface area contributed by atoms with Crippen molar-refractivity contribution in [3.05, 3.63) is 46.2 Å². The van der Waals surface area contributed by atoms with Crippen molar-refractivity contribution < 1.29 is 4.79 Å². The van der Waals surface area contributed by atoms with Crippen LogP contribution >= 0.6 is 15.9 Å². The first kappa shape index (κ1) is 12.4. The average molecular weight is 320 g/mol. The molecule has 0 radical (unpaired) electrons. The molecule has 3 rings (SSSR count). The molecule has 5 heteroatoms. The Labute approximate surface area is 120 Å². The number of anilines is 1. The molecule has 1 aromatic heterocycles. The predicted molar refractivity (Wildman–Crippen MR) is 77.2 cm³/mol. The van der Waals surface area contributed by atoms with Crippen LogP contribution in [-0.4, -0.2) is 22.2 Å². The third-order valence-corrected chi connectivity index (χ3v) is 4.07. The zero-order valence-corrected chi connectivity index (χ0v) is 12.2. The van der Waals surface area contributed by atoms with Crippen LogP contribution in [0.5, 0.6) is 0 Å². The van der Waals surface area contributed by atoms with E-state index in [9.17, 15) is 4.79 Å². The van der Waals surface area contributed by atoms with Crippen molar-refractivity contribution in [1.82, 2.24) is 9.78 Å². The van der Waals surface area contributed by atoms with Gasteiger partial charge < -0.3 is 4.90 Å². The lowest BCUT2D eigenvalue weighted by atomic mass is 10.2. The third kappa shape index (κ3) is 2.30. The number of rotatable bonds is 2. The molecule has 2 heterocycles. The lowest BCUT2D eigenvalue weighted by Crippen LogP contribution is -2.32. The number of carbonyl (C=O) groups is 1. The summed E-state index contributed by atoms with van der Waals surface area (Å²) in [7, 11) is 0. The molecule has 19 heavy (non-hydrogen) atoms. The van der Waals surface area contributed by atoms with Crippen molar-refractivity contribution in [3.63, 3.8) is 0 Å². The topological polar surface area (TPSA) is 38.1 Å². The van der Waals surface area contributed by atoms with Gasteiger partial charge in [0.1, 0.15) is 6.54 Å². The molecule has 1 amide bonds.